The van der Waals surface area contributed by atoms with Gasteiger partial charge in [0.1, 0.15) is 11.8 Å². The number of aryl methyl sites for hydroxylation is 1. The summed E-state index contributed by atoms with van der Waals surface area (Å²) in [5.41, 5.74) is 2.88. The largest absolute Gasteiger partial charge is 0.480 e. The Hall–Kier alpha value is -2.86. The zero-order chi connectivity index (χ0) is 19.0. The van der Waals surface area contributed by atoms with Crippen LogP contribution in [0.5, 0.6) is 5.75 Å². The highest BCUT2D eigenvalue weighted by molar-refractivity contribution is 6.30. The van der Waals surface area contributed by atoms with E-state index in [1.807, 2.05) is 37.3 Å². The van der Waals surface area contributed by atoms with Gasteiger partial charge in [-0.05, 0) is 43.2 Å². The lowest BCUT2D eigenvalue weighted by Crippen LogP contribution is -2.38. The summed E-state index contributed by atoms with van der Waals surface area (Å²) in [6.07, 6.45) is -0.119. The molecule has 0 bridgehead atoms. The molecular formula is C20H18ClN3O3. The summed E-state index contributed by atoms with van der Waals surface area (Å²) in [6, 6.07) is 12.7. The molecule has 0 saturated carbocycles. The van der Waals surface area contributed by atoms with Crippen LogP contribution in [0, 0.1) is 6.92 Å². The molecule has 4 rings (SSSR count). The van der Waals surface area contributed by atoms with Crippen molar-refractivity contribution in [3.63, 3.8) is 0 Å². The molecule has 1 N–H and O–H groups in total. The number of ether oxygens (including phenoxy) is 1. The van der Waals surface area contributed by atoms with E-state index in [0.717, 1.165) is 16.7 Å². The third-order valence-electron chi connectivity index (χ3n) is 4.55. The Morgan fingerprint density at radius 1 is 1.30 bits per heavy atom. The number of carbonyl (C=O) groups is 1. The van der Waals surface area contributed by atoms with Crippen LogP contribution < -0.4 is 10.1 Å². The summed E-state index contributed by atoms with van der Waals surface area (Å²) >= 11 is 6.00. The van der Waals surface area contributed by atoms with E-state index in [1.165, 1.54) is 0 Å². The first kappa shape index (κ1) is 17.5. The molecule has 1 aliphatic rings. The van der Waals surface area contributed by atoms with Gasteiger partial charge in [0.2, 0.25) is 11.7 Å². The fourth-order valence-corrected chi connectivity index (χ4v) is 3.27. The zero-order valence-electron chi connectivity index (χ0n) is 14.9. The summed E-state index contributed by atoms with van der Waals surface area (Å²) < 4.78 is 11.1. The Balaban J connectivity index is 1.43. The van der Waals surface area contributed by atoms with Gasteiger partial charge in [0.15, 0.2) is 6.10 Å². The van der Waals surface area contributed by atoms with Crippen molar-refractivity contribution in [3.05, 3.63) is 64.5 Å². The molecular weight excluding hydrogens is 366 g/mol. The Morgan fingerprint density at radius 3 is 2.93 bits per heavy atom. The lowest BCUT2D eigenvalue weighted by molar-refractivity contribution is -0.128. The molecule has 138 valence electrons. The molecule has 6 nitrogen and oxygen atoms in total. The van der Waals surface area contributed by atoms with Gasteiger partial charge in [-0.3, -0.25) is 4.79 Å². The molecule has 1 aromatic heterocycles. The van der Waals surface area contributed by atoms with Crippen molar-refractivity contribution in [3.8, 4) is 17.1 Å². The number of fused-ring (bicyclic) bond motifs is 1. The number of rotatable bonds is 4. The molecule has 2 heterocycles. The molecule has 0 fully saturated rings. The van der Waals surface area contributed by atoms with Gasteiger partial charge in [-0.25, -0.2) is 0 Å². The highest BCUT2D eigenvalue weighted by atomic mass is 35.5. The average molecular weight is 384 g/mol. The fourth-order valence-electron chi connectivity index (χ4n) is 3.08. The van der Waals surface area contributed by atoms with Crippen LogP contribution in [0.25, 0.3) is 11.4 Å². The van der Waals surface area contributed by atoms with E-state index in [2.05, 4.69) is 15.5 Å². The summed E-state index contributed by atoms with van der Waals surface area (Å²) in [5, 5.41) is 7.53. The summed E-state index contributed by atoms with van der Waals surface area (Å²) in [4.78, 5) is 17.0. The predicted molar refractivity (Wildman–Crippen MR) is 101 cm³/mol. The van der Waals surface area contributed by atoms with Crippen molar-refractivity contribution in [1.82, 2.24) is 15.5 Å². The van der Waals surface area contributed by atoms with Gasteiger partial charge < -0.3 is 14.6 Å². The number of hydrogen-bond acceptors (Lipinski definition) is 5. The number of nitrogens with zero attached hydrogens (tertiary/aromatic N) is 2. The normalized spacial score (nSPS) is 16.5. The Kier molecular flexibility index (Phi) is 4.58. The standard InChI is InChI=1S/C20H18ClN3O3/c1-11-5-3-4-6-15(11)18-23-20(27-24-18)12(2)22-19(25)17-10-13-9-14(21)7-8-16(13)26-17/h3-9,12,17H,10H2,1-2H3,(H,22,25)/t12-,17-/m1/s1. The second kappa shape index (κ2) is 7.04. The van der Waals surface area contributed by atoms with Gasteiger partial charge in [-0.1, -0.05) is 41.0 Å². The molecule has 0 saturated heterocycles. The lowest BCUT2D eigenvalue weighted by atomic mass is 10.1. The second-order valence-corrected chi connectivity index (χ2v) is 7.00. The van der Waals surface area contributed by atoms with Crippen molar-refractivity contribution in [2.24, 2.45) is 0 Å². The SMILES string of the molecule is Cc1ccccc1-c1noc([C@@H](C)NC(=O)[C@H]2Cc3cc(Cl)ccc3O2)n1. The molecule has 0 spiro atoms. The molecule has 2 aromatic carbocycles. The lowest BCUT2D eigenvalue weighted by Gasteiger charge is -2.14. The van der Waals surface area contributed by atoms with Crippen LogP contribution in [0.4, 0.5) is 0 Å². The van der Waals surface area contributed by atoms with Crippen molar-refractivity contribution in [2.75, 3.05) is 0 Å². The number of benzene rings is 2. The third-order valence-corrected chi connectivity index (χ3v) is 4.78. The molecule has 1 amide bonds. The van der Waals surface area contributed by atoms with Crippen LogP contribution in [0.1, 0.15) is 30.0 Å². The molecule has 27 heavy (non-hydrogen) atoms. The first-order valence-corrected chi connectivity index (χ1v) is 9.04. The number of nitrogens with one attached hydrogen (secondary N) is 1. The topological polar surface area (TPSA) is 77.2 Å². The van der Waals surface area contributed by atoms with Gasteiger partial charge in [0.25, 0.3) is 5.91 Å². The minimum absolute atomic E-state index is 0.231. The van der Waals surface area contributed by atoms with Crippen molar-refractivity contribution < 1.29 is 14.1 Å². The quantitative estimate of drug-likeness (QED) is 0.739. The minimum atomic E-state index is -0.598. The first-order chi connectivity index (χ1) is 13.0. The monoisotopic (exact) mass is 383 g/mol. The fraction of sp³-hybridized carbons (Fsp3) is 0.250. The molecule has 0 radical (unpaired) electrons. The van der Waals surface area contributed by atoms with Crippen LogP contribution in [0.3, 0.4) is 0 Å². The Morgan fingerprint density at radius 2 is 2.11 bits per heavy atom. The minimum Gasteiger partial charge on any atom is -0.480 e. The third kappa shape index (κ3) is 3.53. The maximum atomic E-state index is 12.6. The predicted octanol–water partition coefficient (Wildman–Crippen LogP) is 3.88. The van der Waals surface area contributed by atoms with E-state index in [-0.39, 0.29) is 5.91 Å². The Labute approximate surface area is 161 Å². The van der Waals surface area contributed by atoms with E-state index >= 15 is 0 Å². The molecule has 1 aliphatic heterocycles. The molecule has 3 aromatic rings. The number of halogens is 1. The number of amides is 1. The maximum Gasteiger partial charge on any atom is 0.262 e. The van der Waals surface area contributed by atoms with Gasteiger partial charge in [0, 0.05) is 17.0 Å². The van der Waals surface area contributed by atoms with Crippen LogP contribution in [0.15, 0.2) is 47.0 Å². The number of aromatic nitrogens is 2. The molecule has 0 unspecified atom stereocenters. The van der Waals surface area contributed by atoms with Crippen LogP contribution in [-0.4, -0.2) is 22.2 Å². The summed E-state index contributed by atoms with van der Waals surface area (Å²) in [6.45, 7) is 3.78. The van der Waals surface area contributed by atoms with E-state index in [1.54, 1.807) is 19.1 Å². The molecule has 2 atom stereocenters. The Bertz CT molecular complexity index is 1000. The van der Waals surface area contributed by atoms with Gasteiger partial charge >= 0.3 is 0 Å². The van der Waals surface area contributed by atoms with Crippen LogP contribution in [0.2, 0.25) is 5.02 Å². The van der Waals surface area contributed by atoms with Crippen molar-refractivity contribution in [2.45, 2.75) is 32.4 Å². The smallest absolute Gasteiger partial charge is 0.262 e. The van der Waals surface area contributed by atoms with Gasteiger partial charge in [-0.2, -0.15) is 4.98 Å². The second-order valence-electron chi connectivity index (χ2n) is 6.56. The van der Waals surface area contributed by atoms with E-state index in [9.17, 15) is 4.79 Å². The highest BCUT2D eigenvalue weighted by Gasteiger charge is 2.31. The van der Waals surface area contributed by atoms with Crippen molar-refractivity contribution >= 4 is 17.5 Å². The highest BCUT2D eigenvalue weighted by Crippen LogP contribution is 2.31. The number of carbonyl (C=O) groups excluding carboxylic acids is 1. The summed E-state index contributed by atoms with van der Waals surface area (Å²) in [7, 11) is 0. The zero-order valence-corrected chi connectivity index (χ0v) is 15.7. The maximum absolute atomic E-state index is 12.6. The average Bonchev–Trinajstić information content (AvgIpc) is 3.28. The van der Waals surface area contributed by atoms with Gasteiger partial charge in [-0.15, -0.1) is 0 Å². The van der Waals surface area contributed by atoms with Gasteiger partial charge in [0.05, 0.1) is 0 Å². The summed E-state index contributed by atoms with van der Waals surface area (Å²) in [5.74, 6) is 1.31. The van der Waals surface area contributed by atoms with Crippen molar-refractivity contribution in [1.29, 1.82) is 0 Å². The van der Waals surface area contributed by atoms with Crippen LogP contribution in [-0.2, 0) is 11.2 Å². The van der Waals surface area contributed by atoms with Crippen LogP contribution >= 0.6 is 11.6 Å². The van der Waals surface area contributed by atoms with E-state index < -0.39 is 12.1 Å². The van der Waals surface area contributed by atoms with E-state index in [0.29, 0.717) is 28.9 Å². The molecule has 7 heteroatoms. The number of hydrogen-bond donors (Lipinski definition) is 1. The molecule has 0 aliphatic carbocycles. The first-order valence-electron chi connectivity index (χ1n) is 8.66. The van der Waals surface area contributed by atoms with E-state index in [4.69, 9.17) is 20.9 Å².